The quantitative estimate of drug-likeness (QED) is 0.478. The fourth-order valence-electron chi connectivity index (χ4n) is 6.61. The molecule has 4 aliphatic rings. The van der Waals surface area contributed by atoms with Crippen molar-refractivity contribution < 1.29 is 14.3 Å². The minimum atomic E-state index is -0.334. The third kappa shape index (κ3) is 2.57. The van der Waals surface area contributed by atoms with Gasteiger partial charge in [0.25, 0.3) is 0 Å². The van der Waals surface area contributed by atoms with E-state index in [4.69, 9.17) is 4.74 Å². The van der Waals surface area contributed by atoms with Crippen LogP contribution in [0, 0.1) is 46.5 Å². The Morgan fingerprint density at radius 3 is 2.77 bits per heavy atom. The molecule has 138 valence electrons. The second kappa shape index (κ2) is 6.12. The van der Waals surface area contributed by atoms with E-state index in [9.17, 15) is 9.59 Å². The van der Waals surface area contributed by atoms with Crippen molar-refractivity contribution >= 4 is 11.8 Å². The van der Waals surface area contributed by atoms with Crippen LogP contribution in [0.25, 0.3) is 0 Å². The van der Waals surface area contributed by atoms with Crippen molar-refractivity contribution in [3.8, 4) is 12.0 Å². The standard InChI is InChI=1S/C23H28O3/c1-15(24)26-13-10-16-5-7-20-19-6-4-17-14-18(25)8-11-23(17,3)21(19)9-12-22(16,20)2/h8,11,14,16,19-21H,4-7,9,12H2,1-3H3/t16-,19+,20+,21+,22-,23+/m1/s1. The highest BCUT2D eigenvalue weighted by Gasteiger charge is 2.58. The largest absolute Gasteiger partial charge is 0.372 e. The van der Waals surface area contributed by atoms with Crippen molar-refractivity contribution in [2.75, 3.05) is 0 Å². The fraction of sp³-hybridized carbons (Fsp3) is 0.652. The average Bonchev–Trinajstić information content (AvgIpc) is 2.92. The van der Waals surface area contributed by atoms with Gasteiger partial charge in [-0.15, -0.1) is 0 Å². The average molecular weight is 352 g/mol. The molecule has 0 saturated heterocycles. The molecule has 4 rings (SSSR count). The summed E-state index contributed by atoms with van der Waals surface area (Å²) in [4.78, 5) is 22.8. The summed E-state index contributed by atoms with van der Waals surface area (Å²) in [5, 5.41) is 0. The van der Waals surface area contributed by atoms with Crippen LogP contribution in [0.3, 0.4) is 0 Å². The smallest absolute Gasteiger partial charge is 0.316 e. The summed E-state index contributed by atoms with van der Waals surface area (Å²) in [5.41, 5.74) is 1.62. The summed E-state index contributed by atoms with van der Waals surface area (Å²) in [6, 6.07) is 0. The fourth-order valence-corrected chi connectivity index (χ4v) is 6.61. The SMILES string of the molecule is CC(=O)OC#C[C@H]1CC[C@H]2[C@@H]3CCC4=CC(=O)C=C[C@]4(C)[C@H]3CC[C@]12C. The van der Waals surface area contributed by atoms with Gasteiger partial charge in [-0.2, -0.15) is 0 Å². The van der Waals surface area contributed by atoms with Gasteiger partial charge >= 0.3 is 5.97 Å². The Hall–Kier alpha value is -1.82. The molecule has 3 saturated carbocycles. The molecule has 0 aliphatic heterocycles. The molecule has 0 heterocycles. The van der Waals surface area contributed by atoms with Crippen LogP contribution in [0.2, 0.25) is 0 Å². The molecule has 4 aliphatic carbocycles. The lowest BCUT2D eigenvalue weighted by Gasteiger charge is -2.56. The van der Waals surface area contributed by atoms with Gasteiger partial charge in [0.1, 0.15) is 6.11 Å². The molecule has 0 radical (unpaired) electrons. The molecule has 0 unspecified atom stereocenters. The Morgan fingerprint density at radius 1 is 1.19 bits per heavy atom. The maximum absolute atomic E-state index is 11.8. The van der Waals surface area contributed by atoms with Crippen LogP contribution in [0.5, 0.6) is 0 Å². The zero-order valence-electron chi connectivity index (χ0n) is 16.0. The highest BCUT2D eigenvalue weighted by molar-refractivity contribution is 6.01. The normalized spacial score (nSPS) is 43.3. The molecule has 3 heteroatoms. The number of esters is 1. The number of hydrogen-bond donors (Lipinski definition) is 0. The van der Waals surface area contributed by atoms with E-state index in [0.29, 0.717) is 23.7 Å². The Balaban J connectivity index is 1.59. The van der Waals surface area contributed by atoms with Gasteiger partial charge in [0.05, 0.1) is 0 Å². The lowest BCUT2D eigenvalue weighted by Crippen LogP contribution is -2.49. The van der Waals surface area contributed by atoms with Gasteiger partial charge in [0.2, 0.25) is 0 Å². The summed E-state index contributed by atoms with van der Waals surface area (Å²) in [6.07, 6.45) is 15.4. The number of fused-ring (bicyclic) bond motifs is 5. The Bertz CT molecular complexity index is 764. The van der Waals surface area contributed by atoms with E-state index in [-0.39, 0.29) is 22.6 Å². The monoisotopic (exact) mass is 352 g/mol. The first-order valence-electron chi connectivity index (χ1n) is 9.97. The number of rotatable bonds is 0. The topological polar surface area (TPSA) is 43.4 Å². The maximum Gasteiger partial charge on any atom is 0.316 e. The second-order valence-corrected chi connectivity index (χ2v) is 9.12. The number of ether oxygens (including phenoxy) is 1. The summed E-state index contributed by atoms with van der Waals surface area (Å²) in [6.45, 7) is 6.14. The first kappa shape index (κ1) is 17.6. The highest BCUT2D eigenvalue weighted by Crippen LogP contribution is 2.65. The Kier molecular flexibility index (Phi) is 4.14. The van der Waals surface area contributed by atoms with Gasteiger partial charge in [-0.25, -0.2) is 0 Å². The first-order chi connectivity index (χ1) is 12.3. The third-order valence-electron chi connectivity index (χ3n) is 7.98. The molecule has 0 aromatic rings. The number of carbonyl (C=O) groups is 2. The van der Waals surface area contributed by atoms with Gasteiger partial charge in [-0.3, -0.25) is 9.59 Å². The molecule has 3 fully saturated rings. The molecule has 0 amide bonds. The number of allylic oxidation sites excluding steroid dienone is 4. The minimum absolute atomic E-state index is 0.0552. The molecule has 26 heavy (non-hydrogen) atoms. The summed E-state index contributed by atoms with van der Waals surface area (Å²) in [5.74, 6) is 5.41. The molecule has 0 aromatic carbocycles. The lowest BCUT2D eigenvalue weighted by atomic mass is 9.48. The molecule has 0 bridgehead atoms. The van der Waals surface area contributed by atoms with Crippen LogP contribution in [0.4, 0.5) is 0 Å². The molecular formula is C23H28O3. The van der Waals surface area contributed by atoms with Crippen LogP contribution in [0.15, 0.2) is 23.8 Å². The zero-order valence-corrected chi connectivity index (χ0v) is 16.0. The molecule has 6 atom stereocenters. The van der Waals surface area contributed by atoms with E-state index in [1.807, 2.05) is 6.08 Å². The molecule has 3 nitrogen and oxygen atoms in total. The predicted octanol–water partition coefficient (Wildman–Crippen LogP) is 4.43. The predicted molar refractivity (Wildman–Crippen MR) is 99.6 cm³/mol. The van der Waals surface area contributed by atoms with Crippen LogP contribution in [-0.4, -0.2) is 11.8 Å². The Labute approximate surface area is 156 Å². The summed E-state index contributed by atoms with van der Waals surface area (Å²) in [7, 11) is 0. The minimum Gasteiger partial charge on any atom is -0.372 e. The van der Waals surface area contributed by atoms with Crippen molar-refractivity contribution in [3.63, 3.8) is 0 Å². The van der Waals surface area contributed by atoms with E-state index in [1.165, 1.54) is 38.2 Å². The van der Waals surface area contributed by atoms with E-state index in [1.54, 1.807) is 6.08 Å². The van der Waals surface area contributed by atoms with Crippen molar-refractivity contribution in [2.24, 2.45) is 34.5 Å². The van der Waals surface area contributed by atoms with Gasteiger partial charge < -0.3 is 4.74 Å². The molecule has 0 aromatic heterocycles. The van der Waals surface area contributed by atoms with E-state index in [0.717, 1.165) is 12.8 Å². The summed E-state index contributed by atoms with van der Waals surface area (Å²) < 4.78 is 4.88. The lowest BCUT2D eigenvalue weighted by molar-refractivity contribution is -0.134. The van der Waals surface area contributed by atoms with E-state index >= 15 is 0 Å². The zero-order chi connectivity index (χ0) is 18.5. The van der Waals surface area contributed by atoms with Gasteiger partial charge in [-0.05, 0) is 73.8 Å². The molecule has 0 spiro atoms. The van der Waals surface area contributed by atoms with Crippen molar-refractivity contribution in [1.29, 1.82) is 0 Å². The van der Waals surface area contributed by atoms with Crippen molar-refractivity contribution in [2.45, 2.75) is 59.3 Å². The van der Waals surface area contributed by atoms with E-state index < -0.39 is 0 Å². The van der Waals surface area contributed by atoms with Crippen molar-refractivity contribution in [3.05, 3.63) is 23.8 Å². The van der Waals surface area contributed by atoms with Crippen molar-refractivity contribution in [1.82, 2.24) is 0 Å². The third-order valence-corrected chi connectivity index (χ3v) is 7.98. The van der Waals surface area contributed by atoms with Crippen LogP contribution < -0.4 is 0 Å². The summed E-state index contributed by atoms with van der Waals surface area (Å²) >= 11 is 0. The van der Waals surface area contributed by atoms with Crippen LogP contribution in [-0.2, 0) is 14.3 Å². The van der Waals surface area contributed by atoms with Crippen LogP contribution >= 0.6 is 0 Å². The second-order valence-electron chi connectivity index (χ2n) is 9.12. The number of carbonyl (C=O) groups excluding carboxylic acids is 2. The Morgan fingerprint density at radius 2 is 2.00 bits per heavy atom. The molecule has 0 N–H and O–H groups in total. The molecular weight excluding hydrogens is 324 g/mol. The maximum atomic E-state index is 11.8. The van der Waals surface area contributed by atoms with Gasteiger partial charge in [0, 0.05) is 18.3 Å². The van der Waals surface area contributed by atoms with Gasteiger partial charge in [0.15, 0.2) is 5.78 Å². The number of hydrogen-bond acceptors (Lipinski definition) is 3. The first-order valence-corrected chi connectivity index (χ1v) is 9.97. The van der Waals surface area contributed by atoms with Gasteiger partial charge in [-0.1, -0.05) is 31.4 Å². The van der Waals surface area contributed by atoms with Crippen LogP contribution in [0.1, 0.15) is 59.3 Å². The van der Waals surface area contributed by atoms with E-state index in [2.05, 4.69) is 32.0 Å². The highest BCUT2D eigenvalue weighted by atomic mass is 16.5. The number of ketones is 1.